The molecule has 0 bridgehead atoms. The first-order chi connectivity index (χ1) is 11.0. The lowest BCUT2D eigenvalue weighted by atomic mass is 10.1. The number of quaternary nitrogens is 1. The molecule has 2 rings (SSSR count). The zero-order valence-electron chi connectivity index (χ0n) is 12.8. The quantitative estimate of drug-likeness (QED) is 0.651. The van der Waals surface area contributed by atoms with Gasteiger partial charge in [-0.05, 0) is 23.8 Å². The van der Waals surface area contributed by atoms with E-state index in [1.807, 2.05) is 6.07 Å². The molecule has 1 aromatic rings. The minimum Gasteiger partial charge on any atom is -0.435 e. The Labute approximate surface area is 133 Å². The monoisotopic (exact) mass is 322 g/mol. The van der Waals surface area contributed by atoms with Crippen LogP contribution in [0.3, 0.4) is 0 Å². The molecule has 23 heavy (non-hydrogen) atoms. The maximum absolute atomic E-state index is 12.4. The molecule has 7 heteroatoms. The van der Waals surface area contributed by atoms with Crippen molar-refractivity contribution in [1.82, 2.24) is 4.90 Å². The summed E-state index contributed by atoms with van der Waals surface area (Å²) in [6.45, 7) is 0.0521. The van der Waals surface area contributed by atoms with Crippen molar-refractivity contribution >= 4 is 12.0 Å². The standard InChI is InChI=1S/C16H17F2N3O2/c1-20-6-8-21(9-7-20)15(22)13(11-19)10-12-2-4-14(5-3-12)23-16(17)18/h2-5,10,16H,6-9H2,1H3/p+1/b13-10+. The molecule has 0 saturated carbocycles. The highest BCUT2D eigenvalue weighted by molar-refractivity contribution is 6.01. The van der Waals surface area contributed by atoms with Gasteiger partial charge in [-0.15, -0.1) is 0 Å². The topological polar surface area (TPSA) is 57.8 Å². The van der Waals surface area contributed by atoms with Crippen LogP contribution >= 0.6 is 0 Å². The fraction of sp³-hybridized carbons (Fsp3) is 0.375. The molecular formula is C16H18F2N3O2+. The second kappa shape index (κ2) is 7.70. The van der Waals surface area contributed by atoms with Gasteiger partial charge in [-0.25, -0.2) is 0 Å². The number of halogens is 2. The normalized spacial score (nSPS) is 16.3. The summed E-state index contributed by atoms with van der Waals surface area (Å²) < 4.78 is 28.4. The van der Waals surface area contributed by atoms with E-state index in [0.29, 0.717) is 18.7 Å². The first-order valence-corrected chi connectivity index (χ1v) is 7.27. The number of alkyl halides is 2. The van der Waals surface area contributed by atoms with E-state index in [-0.39, 0.29) is 17.2 Å². The van der Waals surface area contributed by atoms with Crippen molar-refractivity contribution in [1.29, 1.82) is 5.26 Å². The van der Waals surface area contributed by atoms with Gasteiger partial charge in [0.1, 0.15) is 17.4 Å². The Balaban J connectivity index is 2.09. The van der Waals surface area contributed by atoms with E-state index in [4.69, 9.17) is 0 Å². The van der Waals surface area contributed by atoms with E-state index >= 15 is 0 Å². The average molecular weight is 322 g/mol. The number of nitrogens with zero attached hydrogens (tertiary/aromatic N) is 2. The number of likely N-dealkylation sites (N-methyl/N-ethyl adjacent to an activating group) is 1. The van der Waals surface area contributed by atoms with Gasteiger partial charge in [0, 0.05) is 0 Å². The first kappa shape index (κ1) is 16.9. The molecule has 1 amide bonds. The Bertz CT molecular complexity index is 615. The predicted molar refractivity (Wildman–Crippen MR) is 79.9 cm³/mol. The van der Waals surface area contributed by atoms with E-state index in [2.05, 4.69) is 11.8 Å². The molecule has 1 heterocycles. The van der Waals surface area contributed by atoms with Gasteiger partial charge in [0.05, 0.1) is 33.2 Å². The molecule has 1 fully saturated rings. The molecule has 5 nitrogen and oxygen atoms in total. The van der Waals surface area contributed by atoms with Gasteiger partial charge in [-0.1, -0.05) is 12.1 Å². The van der Waals surface area contributed by atoms with Gasteiger partial charge in [0.25, 0.3) is 5.91 Å². The molecule has 1 saturated heterocycles. The Morgan fingerprint density at radius 1 is 1.35 bits per heavy atom. The van der Waals surface area contributed by atoms with Gasteiger partial charge in [0.2, 0.25) is 0 Å². The number of amides is 1. The second-order valence-corrected chi connectivity index (χ2v) is 5.37. The number of nitriles is 1. The van der Waals surface area contributed by atoms with Gasteiger partial charge in [0.15, 0.2) is 0 Å². The Morgan fingerprint density at radius 3 is 2.48 bits per heavy atom. The Kier molecular flexibility index (Phi) is 5.66. The van der Waals surface area contributed by atoms with Crippen LogP contribution in [0, 0.1) is 11.3 Å². The smallest absolute Gasteiger partial charge is 0.387 e. The van der Waals surface area contributed by atoms with E-state index < -0.39 is 6.61 Å². The summed E-state index contributed by atoms with van der Waals surface area (Å²) in [4.78, 5) is 15.4. The lowest BCUT2D eigenvalue weighted by Gasteiger charge is -2.29. The average Bonchev–Trinajstić information content (AvgIpc) is 2.53. The lowest BCUT2D eigenvalue weighted by molar-refractivity contribution is -0.883. The van der Waals surface area contributed by atoms with E-state index in [1.165, 1.54) is 35.2 Å². The van der Waals surface area contributed by atoms with Crippen LogP contribution in [0.4, 0.5) is 8.78 Å². The summed E-state index contributed by atoms with van der Waals surface area (Å²) in [6, 6.07) is 7.71. The zero-order chi connectivity index (χ0) is 16.8. The summed E-state index contributed by atoms with van der Waals surface area (Å²) in [5.41, 5.74) is 0.614. The van der Waals surface area contributed by atoms with Crippen LogP contribution in [0.25, 0.3) is 6.08 Å². The minimum absolute atomic E-state index is 0.0315. The summed E-state index contributed by atoms with van der Waals surface area (Å²) in [5.74, 6) is -0.267. The molecule has 0 aliphatic carbocycles. The van der Waals surface area contributed by atoms with Gasteiger partial charge in [-0.2, -0.15) is 14.0 Å². The predicted octanol–water partition coefficient (Wildman–Crippen LogP) is 0.552. The summed E-state index contributed by atoms with van der Waals surface area (Å²) in [7, 11) is 2.06. The largest absolute Gasteiger partial charge is 0.435 e. The van der Waals surface area contributed by atoms with E-state index in [0.717, 1.165) is 13.1 Å². The number of nitrogens with one attached hydrogen (secondary N) is 1. The molecule has 1 aliphatic heterocycles. The number of hydrogen-bond donors (Lipinski definition) is 1. The lowest BCUT2D eigenvalue weighted by Crippen LogP contribution is -3.12. The van der Waals surface area contributed by atoms with Crippen molar-refractivity contribution in [2.24, 2.45) is 0 Å². The molecule has 1 N–H and O–H groups in total. The maximum Gasteiger partial charge on any atom is 0.387 e. The fourth-order valence-electron chi connectivity index (χ4n) is 2.32. The number of piperazine rings is 1. The third-order valence-corrected chi connectivity index (χ3v) is 3.67. The summed E-state index contributed by atoms with van der Waals surface area (Å²) in [6.07, 6.45) is 1.46. The highest BCUT2D eigenvalue weighted by Gasteiger charge is 2.23. The molecule has 1 aliphatic rings. The summed E-state index contributed by atoms with van der Waals surface area (Å²) in [5, 5.41) is 9.22. The number of carbonyl (C=O) groups excluding carboxylic acids is 1. The third-order valence-electron chi connectivity index (χ3n) is 3.67. The second-order valence-electron chi connectivity index (χ2n) is 5.37. The van der Waals surface area contributed by atoms with Crippen LogP contribution in [-0.2, 0) is 4.79 Å². The number of hydrogen-bond acceptors (Lipinski definition) is 3. The Hall–Kier alpha value is -2.46. The summed E-state index contributed by atoms with van der Waals surface area (Å²) >= 11 is 0. The SMILES string of the molecule is C[NH+]1CCN(C(=O)/C(C#N)=C/c2ccc(OC(F)F)cc2)CC1. The number of benzene rings is 1. The third kappa shape index (κ3) is 4.76. The van der Waals surface area contributed by atoms with Crippen molar-refractivity contribution in [3.8, 4) is 11.8 Å². The van der Waals surface area contributed by atoms with Gasteiger partial charge >= 0.3 is 6.61 Å². The van der Waals surface area contributed by atoms with Crippen molar-refractivity contribution in [2.45, 2.75) is 6.61 Å². The van der Waals surface area contributed by atoms with Crippen molar-refractivity contribution < 1.29 is 23.2 Å². The molecule has 0 unspecified atom stereocenters. The van der Waals surface area contributed by atoms with Crippen molar-refractivity contribution in [2.75, 3.05) is 33.2 Å². The van der Waals surface area contributed by atoms with Crippen LogP contribution < -0.4 is 9.64 Å². The molecule has 122 valence electrons. The van der Waals surface area contributed by atoms with Crippen LogP contribution in [0.2, 0.25) is 0 Å². The van der Waals surface area contributed by atoms with Gasteiger partial charge < -0.3 is 14.5 Å². The van der Waals surface area contributed by atoms with Crippen molar-refractivity contribution in [3.05, 3.63) is 35.4 Å². The minimum atomic E-state index is -2.88. The molecule has 1 aromatic carbocycles. The number of rotatable bonds is 4. The van der Waals surface area contributed by atoms with Crippen LogP contribution in [0.15, 0.2) is 29.8 Å². The number of ether oxygens (including phenoxy) is 1. The molecular weight excluding hydrogens is 304 g/mol. The zero-order valence-corrected chi connectivity index (χ0v) is 12.8. The fourth-order valence-corrected chi connectivity index (χ4v) is 2.32. The molecule has 0 aromatic heterocycles. The van der Waals surface area contributed by atoms with E-state index in [9.17, 15) is 18.8 Å². The molecule has 0 atom stereocenters. The Morgan fingerprint density at radius 2 is 1.96 bits per heavy atom. The molecule has 0 radical (unpaired) electrons. The van der Waals surface area contributed by atoms with E-state index in [1.54, 1.807) is 4.90 Å². The number of carbonyl (C=O) groups is 1. The first-order valence-electron chi connectivity index (χ1n) is 7.27. The molecule has 0 spiro atoms. The highest BCUT2D eigenvalue weighted by Crippen LogP contribution is 2.17. The highest BCUT2D eigenvalue weighted by atomic mass is 19.3. The van der Waals surface area contributed by atoms with Crippen LogP contribution in [0.1, 0.15) is 5.56 Å². The van der Waals surface area contributed by atoms with Crippen molar-refractivity contribution in [3.63, 3.8) is 0 Å². The van der Waals surface area contributed by atoms with Gasteiger partial charge in [-0.3, -0.25) is 4.79 Å². The van der Waals surface area contributed by atoms with Crippen LogP contribution in [0.5, 0.6) is 5.75 Å². The van der Waals surface area contributed by atoms with Crippen LogP contribution in [-0.4, -0.2) is 50.6 Å². The maximum atomic E-state index is 12.4.